The summed E-state index contributed by atoms with van der Waals surface area (Å²) in [6, 6.07) is 8.38. The Kier molecular flexibility index (Phi) is 5.43. The number of nitrogens with one attached hydrogen (secondary N) is 1. The molecule has 2 aromatic rings. The van der Waals surface area contributed by atoms with Crippen molar-refractivity contribution in [3.63, 3.8) is 0 Å². The molecule has 4 rings (SSSR count). The smallest absolute Gasteiger partial charge is 0.265 e. The van der Waals surface area contributed by atoms with Crippen LogP contribution in [0.4, 0.5) is 11.4 Å². The lowest BCUT2D eigenvalue weighted by atomic mass is 10.3. The molecular formula is C19H20N2O8S2. The third-order valence-electron chi connectivity index (χ3n) is 4.62. The number of hydrogen-bond donors (Lipinski definition) is 1. The highest BCUT2D eigenvalue weighted by atomic mass is 32.2. The van der Waals surface area contributed by atoms with Gasteiger partial charge in [-0.1, -0.05) is 0 Å². The minimum Gasteiger partial charge on any atom is -0.492 e. The summed E-state index contributed by atoms with van der Waals surface area (Å²) < 4.78 is 70.2. The van der Waals surface area contributed by atoms with Crippen LogP contribution in [0.25, 0.3) is 0 Å². The van der Waals surface area contributed by atoms with Gasteiger partial charge in [0.05, 0.1) is 23.7 Å². The van der Waals surface area contributed by atoms with Crippen molar-refractivity contribution in [3.05, 3.63) is 36.4 Å². The van der Waals surface area contributed by atoms with Crippen LogP contribution in [0, 0.1) is 0 Å². The highest BCUT2D eigenvalue weighted by Gasteiger charge is 2.37. The zero-order valence-corrected chi connectivity index (χ0v) is 18.2. The highest BCUT2D eigenvalue weighted by molar-refractivity contribution is 7.94. The molecule has 31 heavy (non-hydrogen) atoms. The number of carbonyl (C=O) groups is 1. The zero-order chi connectivity index (χ0) is 22.2. The predicted molar refractivity (Wildman–Crippen MR) is 112 cm³/mol. The number of fused-ring (bicyclic) bond motifs is 1. The monoisotopic (exact) mass is 468 g/mol. The van der Waals surface area contributed by atoms with Crippen LogP contribution in [0.1, 0.15) is 13.3 Å². The fourth-order valence-electron chi connectivity index (χ4n) is 3.29. The SMILES string of the molecule is CCOc1ccc(N2C(=O)CCS2(=O)=O)cc1S(=O)(=O)Nc1ccc2c(c1)OCCO2. The first-order valence-corrected chi connectivity index (χ1v) is 12.6. The van der Waals surface area contributed by atoms with Crippen molar-refractivity contribution < 1.29 is 35.8 Å². The van der Waals surface area contributed by atoms with Crippen LogP contribution in [0.15, 0.2) is 41.3 Å². The average molecular weight is 469 g/mol. The number of sulfonamides is 2. The van der Waals surface area contributed by atoms with E-state index >= 15 is 0 Å². The van der Waals surface area contributed by atoms with E-state index in [0.29, 0.717) is 29.0 Å². The highest BCUT2D eigenvalue weighted by Crippen LogP contribution is 2.36. The maximum atomic E-state index is 13.2. The van der Waals surface area contributed by atoms with Crippen LogP contribution in [0.2, 0.25) is 0 Å². The van der Waals surface area contributed by atoms with Gasteiger partial charge >= 0.3 is 0 Å². The summed E-state index contributed by atoms with van der Waals surface area (Å²) in [6.07, 6.45) is -0.160. The van der Waals surface area contributed by atoms with Gasteiger partial charge < -0.3 is 14.2 Å². The van der Waals surface area contributed by atoms with Crippen LogP contribution >= 0.6 is 0 Å². The van der Waals surface area contributed by atoms with E-state index in [2.05, 4.69) is 4.72 Å². The molecule has 0 radical (unpaired) electrons. The maximum Gasteiger partial charge on any atom is 0.265 e. The van der Waals surface area contributed by atoms with Crippen LogP contribution in [-0.2, 0) is 24.8 Å². The Labute approximate surface area is 179 Å². The molecule has 1 amide bonds. The standard InChI is InChI=1S/C19H20N2O8S2/c1-2-27-16-6-4-14(21-19(22)7-10-30(21,23)24)12-18(16)31(25,26)20-13-3-5-15-17(11-13)29-9-8-28-15/h3-6,11-12,20H,2,7-10H2,1H3. The Hall–Kier alpha value is -2.99. The number of nitrogens with zero attached hydrogens (tertiary/aromatic N) is 1. The molecule has 12 heteroatoms. The van der Waals surface area contributed by atoms with E-state index in [-0.39, 0.29) is 40.8 Å². The van der Waals surface area contributed by atoms with Gasteiger partial charge in [-0.3, -0.25) is 9.52 Å². The lowest BCUT2D eigenvalue weighted by Gasteiger charge is -2.20. The summed E-state index contributed by atoms with van der Waals surface area (Å²) in [5, 5.41) is 0. The summed E-state index contributed by atoms with van der Waals surface area (Å²) in [4.78, 5) is 11.8. The average Bonchev–Trinajstić information content (AvgIpc) is 3.00. The van der Waals surface area contributed by atoms with Gasteiger partial charge in [0.1, 0.15) is 23.9 Å². The van der Waals surface area contributed by atoms with Gasteiger partial charge in [-0.05, 0) is 37.3 Å². The molecule has 0 bridgehead atoms. The molecule has 2 heterocycles. The first kappa shape index (κ1) is 21.2. The van der Waals surface area contributed by atoms with Crippen LogP contribution < -0.4 is 23.2 Å². The van der Waals surface area contributed by atoms with Crippen molar-refractivity contribution in [1.29, 1.82) is 0 Å². The van der Waals surface area contributed by atoms with Crippen LogP contribution in [0.3, 0.4) is 0 Å². The molecule has 0 atom stereocenters. The molecular weight excluding hydrogens is 448 g/mol. The topological polar surface area (TPSA) is 128 Å². The van der Waals surface area contributed by atoms with Crippen molar-refractivity contribution in [2.24, 2.45) is 0 Å². The van der Waals surface area contributed by atoms with Gasteiger partial charge in [0.25, 0.3) is 10.0 Å². The normalized spacial score (nSPS) is 17.5. The van der Waals surface area contributed by atoms with Crippen molar-refractivity contribution in [2.75, 3.05) is 34.6 Å². The third-order valence-corrected chi connectivity index (χ3v) is 7.72. The summed E-state index contributed by atoms with van der Waals surface area (Å²) in [6.45, 7) is 2.62. The molecule has 166 valence electrons. The number of hydrogen-bond acceptors (Lipinski definition) is 8. The second-order valence-electron chi connectivity index (χ2n) is 6.75. The van der Waals surface area contributed by atoms with E-state index in [1.807, 2.05) is 0 Å². The lowest BCUT2D eigenvalue weighted by molar-refractivity contribution is -0.116. The van der Waals surface area contributed by atoms with E-state index < -0.39 is 26.0 Å². The van der Waals surface area contributed by atoms with Gasteiger partial charge in [-0.2, -0.15) is 0 Å². The number of benzene rings is 2. The number of rotatable bonds is 6. The number of anilines is 2. The second-order valence-corrected chi connectivity index (χ2v) is 10.3. The van der Waals surface area contributed by atoms with Crippen molar-refractivity contribution >= 4 is 37.3 Å². The minimum atomic E-state index is -4.20. The summed E-state index contributed by atoms with van der Waals surface area (Å²) in [7, 11) is -8.05. The fourth-order valence-corrected chi connectivity index (χ4v) is 5.96. The lowest BCUT2D eigenvalue weighted by Crippen LogP contribution is -2.29. The zero-order valence-electron chi connectivity index (χ0n) is 16.5. The molecule has 0 aliphatic carbocycles. The van der Waals surface area contributed by atoms with Crippen molar-refractivity contribution in [1.82, 2.24) is 0 Å². The van der Waals surface area contributed by atoms with E-state index in [1.54, 1.807) is 13.0 Å². The van der Waals surface area contributed by atoms with Crippen LogP contribution in [0.5, 0.6) is 17.2 Å². The molecule has 2 aliphatic rings. The number of carbonyl (C=O) groups excluding carboxylic acids is 1. The van der Waals surface area contributed by atoms with E-state index in [1.165, 1.54) is 24.3 Å². The maximum absolute atomic E-state index is 13.2. The van der Waals surface area contributed by atoms with Gasteiger partial charge in [-0.25, -0.2) is 21.1 Å². The first-order chi connectivity index (χ1) is 14.7. The fraction of sp³-hybridized carbons (Fsp3) is 0.316. The van der Waals surface area contributed by atoms with Gasteiger partial charge in [0.15, 0.2) is 11.5 Å². The number of amides is 1. The predicted octanol–water partition coefficient (Wildman–Crippen LogP) is 1.72. The van der Waals surface area contributed by atoms with Gasteiger partial charge in [0, 0.05) is 12.5 Å². The summed E-state index contributed by atoms with van der Waals surface area (Å²) in [5.74, 6) is -0.00749. The molecule has 0 saturated carbocycles. The molecule has 10 nitrogen and oxygen atoms in total. The Balaban J connectivity index is 1.73. The third kappa shape index (κ3) is 4.12. The minimum absolute atomic E-state index is 0.0281. The van der Waals surface area contributed by atoms with Crippen molar-refractivity contribution in [3.8, 4) is 17.2 Å². The quantitative estimate of drug-likeness (QED) is 0.679. The molecule has 2 aromatic carbocycles. The Morgan fingerprint density at radius 2 is 1.84 bits per heavy atom. The van der Waals surface area contributed by atoms with Gasteiger partial charge in [0.2, 0.25) is 15.9 Å². The number of ether oxygens (including phenoxy) is 3. The first-order valence-electron chi connectivity index (χ1n) is 9.46. The molecule has 1 N–H and O–H groups in total. The largest absolute Gasteiger partial charge is 0.492 e. The van der Waals surface area contributed by atoms with Crippen LogP contribution in [-0.4, -0.2) is 48.3 Å². The van der Waals surface area contributed by atoms with Gasteiger partial charge in [-0.15, -0.1) is 0 Å². The summed E-state index contributed by atoms with van der Waals surface area (Å²) in [5.41, 5.74) is 0.162. The van der Waals surface area contributed by atoms with E-state index in [9.17, 15) is 21.6 Å². The molecule has 0 aromatic heterocycles. The molecule has 1 saturated heterocycles. The van der Waals surface area contributed by atoms with E-state index in [0.717, 1.165) is 6.07 Å². The molecule has 1 fully saturated rings. The molecule has 0 unspecified atom stereocenters. The molecule has 0 spiro atoms. The second kappa shape index (κ2) is 7.93. The van der Waals surface area contributed by atoms with E-state index in [4.69, 9.17) is 14.2 Å². The van der Waals surface area contributed by atoms with Crippen molar-refractivity contribution in [2.45, 2.75) is 18.2 Å². The molecule has 2 aliphatic heterocycles. The summed E-state index contributed by atoms with van der Waals surface area (Å²) >= 11 is 0. The Morgan fingerprint density at radius 3 is 2.52 bits per heavy atom. The Bertz CT molecular complexity index is 1240. The Morgan fingerprint density at radius 1 is 1.10 bits per heavy atom.